The van der Waals surface area contributed by atoms with Gasteiger partial charge in [0.05, 0.1) is 11.6 Å². The molecule has 0 aliphatic rings. The third-order valence-corrected chi connectivity index (χ3v) is 9.51. The van der Waals surface area contributed by atoms with Crippen molar-refractivity contribution in [3.05, 3.63) is 230 Å². The fourth-order valence-electron chi connectivity index (χ4n) is 6.77. The molecule has 0 aliphatic heterocycles. The smallest absolute Gasteiger partial charge is 0.0998 e. The molecule has 0 amide bonds. The van der Waals surface area contributed by atoms with Crippen molar-refractivity contribution in [2.45, 2.75) is 0 Å². The standard InChI is InChI=1S/C51H37N3/c52-38-45(44-27-25-41(26-28-44)43-31-35-51(36-32-43)54(48-17-9-3-10-18-48)49-19-11-4-12-20-49)37-39-21-23-40(24-22-39)42-29-33-50(34-30-42)53(46-13-5-1-6-14-46)47-15-7-2-8-16-47/h1-37H/b45-37+. The molecule has 0 aromatic heterocycles. The number of nitriles is 1. The zero-order valence-electron chi connectivity index (χ0n) is 29.7. The highest BCUT2D eigenvalue weighted by Crippen LogP contribution is 2.37. The Labute approximate surface area is 317 Å². The number of para-hydroxylation sites is 4. The number of benzene rings is 8. The molecule has 256 valence electrons. The van der Waals surface area contributed by atoms with E-state index in [0.717, 1.165) is 67.5 Å². The van der Waals surface area contributed by atoms with E-state index in [2.05, 4.69) is 198 Å². The molecule has 0 bridgehead atoms. The van der Waals surface area contributed by atoms with Gasteiger partial charge in [-0.25, -0.2) is 0 Å². The Bertz CT molecular complexity index is 2410. The summed E-state index contributed by atoms with van der Waals surface area (Å²) in [5, 5.41) is 10.1. The first kappa shape index (κ1) is 33.7. The summed E-state index contributed by atoms with van der Waals surface area (Å²) in [7, 11) is 0. The van der Waals surface area contributed by atoms with Gasteiger partial charge in [-0.2, -0.15) is 5.26 Å². The molecule has 0 spiro atoms. The van der Waals surface area contributed by atoms with Crippen LogP contribution < -0.4 is 9.80 Å². The van der Waals surface area contributed by atoms with Crippen LogP contribution in [-0.2, 0) is 0 Å². The summed E-state index contributed by atoms with van der Waals surface area (Å²) in [5.74, 6) is 0. The molecule has 0 fully saturated rings. The van der Waals surface area contributed by atoms with E-state index in [1.165, 1.54) is 0 Å². The SMILES string of the molecule is N#C/C(=C\c1ccc(-c2ccc(N(c3ccccc3)c3ccccc3)cc2)cc1)c1ccc(-c2ccc(N(c3ccccc3)c3ccccc3)cc2)cc1. The van der Waals surface area contributed by atoms with E-state index in [9.17, 15) is 5.26 Å². The van der Waals surface area contributed by atoms with Crippen LogP contribution in [0.15, 0.2) is 218 Å². The van der Waals surface area contributed by atoms with Gasteiger partial charge in [0.15, 0.2) is 0 Å². The van der Waals surface area contributed by atoms with Crippen LogP contribution in [0.25, 0.3) is 33.9 Å². The number of rotatable bonds is 10. The van der Waals surface area contributed by atoms with Gasteiger partial charge in [-0.15, -0.1) is 0 Å². The second-order valence-electron chi connectivity index (χ2n) is 13.0. The van der Waals surface area contributed by atoms with Gasteiger partial charge in [0.25, 0.3) is 0 Å². The van der Waals surface area contributed by atoms with Crippen LogP contribution in [-0.4, -0.2) is 0 Å². The third kappa shape index (κ3) is 7.46. The number of hydrogen-bond donors (Lipinski definition) is 0. The molecule has 3 heteroatoms. The quantitative estimate of drug-likeness (QED) is 0.106. The van der Waals surface area contributed by atoms with Crippen LogP contribution in [0.4, 0.5) is 34.1 Å². The first-order chi connectivity index (χ1) is 26.7. The topological polar surface area (TPSA) is 30.3 Å². The highest BCUT2D eigenvalue weighted by atomic mass is 15.1. The van der Waals surface area contributed by atoms with Crippen molar-refractivity contribution < 1.29 is 0 Å². The minimum absolute atomic E-state index is 0.622. The molecule has 0 atom stereocenters. The van der Waals surface area contributed by atoms with Gasteiger partial charge < -0.3 is 9.80 Å². The van der Waals surface area contributed by atoms with E-state index in [1.807, 2.05) is 42.5 Å². The average Bonchev–Trinajstić information content (AvgIpc) is 3.25. The Morgan fingerprint density at radius 3 is 0.926 bits per heavy atom. The minimum Gasteiger partial charge on any atom is -0.311 e. The van der Waals surface area contributed by atoms with Crippen molar-refractivity contribution in [3.63, 3.8) is 0 Å². The van der Waals surface area contributed by atoms with Gasteiger partial charge in [-0.05, 0) is 112 Å². The molecule has 0 saturated heterocycles. The van der Waals surface area contributed by atoms with Crippen molar-refractivity contribution in [1.82, 2.24) is 0 Å². The van der Waals surface area contributed by atoms with Crippen molar-refractivity contribution >= 4 is 45.8 Å². The number of anilines is 6. The van der Waals surface area contributed by atoms with Crippen LogP contribution in [0.2, 0.25) is 0 Å². The van der Waals surface area contributed by atoms with Gasteiger partial charge in [0, 0.05) is 34.1 Å². The Morgan fingerprint density at radius 1 is 0.333 bits per heavy atom. The third-order valence-electron chi connectivity index (χ3n) is 9.51. The van der Waals surface area contributed by atoms with E-state index >= 15 is 0 Å². The monoisotopic (exact) mass is 691 g/mol. The fourth-order valence-corrected chi connectivity index (χ4v) is 6.77. The van der Waals surface area contributed by atoms with E-state index in [-0.39, 0.29) is 0 Å². The minimum atomic E-state index is 0.622. The van der Waals surface area contributed by atoms with Gasteiger partial charge in [-0.1, -0.05) is 146 Å². The lowest BCUT2D eigenvalue weighted by Crippen LogP contribution is -2.09. The molecule has 0 aliphatic carbocycles. The fraction of sp³-hybridized carbons (Fsp3) is 0. The highest BCUT2D eigenvalue weighted by Gasteiger charge is 2.14. The first-order valence-corrected chi connectivity index (χ1v) is 18.1. The maximum Gasteiger partial charge on any atom is 0.0998 e. The van der Waals surface area contributed by atoms with Crippen molar-refractivity contribution in [3.8, 4) is 28.3 Å². The Kier molecular flexibility index (Phi) is 9.91. The van der Waals surface area contributed by atoms with Crippen molar-refractivity contribution in [1.29, 1.82) is 5.26 Å². The molecular weight excluding hydrogens is 655 g/mol. The molecule has 0 unspecified atom stereocenters. The molecular formula is C51H37N3. The second kappa shape index (κ2) is 15.9. The summed E-state index contributed by atoms with van der Waals surface area (Å²) in [6, 6.07) is 78.0. The Hall–Kier alpha value is -7.41. The van der Waals surface area contributed by atoms with Gasteiger partial charge in [0.1, 0.15) is 0 Å². The lowest BCUT2D eigenvalue weighted by Gasteiger charge is -2.25. The van der Waals surface area contributed by atoms with E-state index in [0.29, 0.717) is 5.57 Å². The molecule has 0 radical (unpaired) electrons. The molecule has 0 heterocycles. The zero-order chi connectivity index (χ0) is 36.5. The number of hydrogen-bond acceptors (Lipinski definition) is 3. The van der Waals surface area contributed by atoms with Gasteiger partial charge in [-0.3, -0.25) is 0 Å². The number of allylic oxidation sites excluding steroid dienone is 1. The molecule has 3 nitrogen and oxygen atoms in total. The summed E-state index contributed by atoms with van der Waals surface area (Å²) < 4.78 is 0. The summed E-state index contributed by atoms with van der Waals surface area (Å²) in [6.07, 6.45) is 1.95. The van der Waals surface area contributed by atoms with E-state index < -0.39 is 0 Å². The summed E-state index contributed by atoms with van der Waals surface area (Å²) in [5.41, 5.74) is 13.6. The first-order valence-electron chi connectivity index (χ1n) is 18.1. The zero-order valence-corrected chi connectivity index (χ0v) is 29.7. The predicted molar refractivity (Wildman–Crippen MR) is 227 cm³/mol. The van der Waals surface area contributed by atoms with Gasteiger partial charge in [0.2, 0.25) is 0 Å². The maximum absolute atomic E-state index is 10.1. The molecule has 8 rings (SSSR count). The van der Waals surface area contributed by atoms with Crippen molar-refractivity contribution in [2.75, 3.05) is 9.80 Å². The normalized spacial score (nSPS) is 11.1. The molecule has 8 aromatic carbocycles. The molecule has 8 aromatic rings. The summed E-state index contributed by atoms with van der Waals surface area (Å²) >= 11 is 0. The van der Waals surface area contributed by atoms with Crippen LogP contribution in [0.3, 0.4) is 0 Å². The van der Waals surface area contributed by atoms with Crippen LogP contribution in [0, 0.1) is 11.3 Å². The maximum atomic E-state index is 10.1. The molecule has 0 N–H and O–H groups in total. The Morgan fingerprint density at radius 2 is 0.611 bits per heavy atom. The van der Waals surface area contributed by atoms with E-state index in [1.54, 1.807) is 0 Å². The lowest BCUT2D eigenvalue weighted by atomic mass is 9.98. The predicted octanol–water partition coefficient (Wildman–Crippen LogP) is 14.0. The van der Waals surface area contributed by atoms with Crippen LogP contribution in [0.1, 0.15) is 11.1 Å². The summed E-state index contributed by atoms with van der Waals surface area (Å²) in [4.78, 5) is 4.52. The summed E-state index contributed by atoms with van der Waals surface area (Å²) in [6.45, 7) is 0. The second-order valence-corrected chi connectivity index (χ2v) is 13.0. The van der Waals surface area contributed by atoms with E-state index in [4.69, 9.17) is 0 Å². The van der Waals surface area contributed by atoms with Crippen molar-refractivity contribution in [2.24, 2.45) is 0 Å². The average molecular weight is 692 g/mol. The Balaban J connectivity index is 0.977. The highest BCUT2D eigenvalue weighted by molar-refractivity contribution is 5.90. The van der Waals surface area contributed by atoms with Crippen LogP contribution >= 0.6 is 0 Å². The number of nitrogens with zero attached hydrogens (tertiary/aromatic N) is 3. The lowest BCUT2D eigenvalue weighted by molar-refractivity contribution is 1.28. The van der Waals surface area contributed by atoms with Crippen LogP contribution in [0.5, 0.6) is 0 Å². The van der Waals surface area contributed by atoms with Gasteiger partial charge >= 0.3 is 0 Å². The molecule has 0 saturated carbocycles. The largest absolute Gasteiger partial charge is 0.311 e. The molecule has 54 heavy (non-hydrogen) atoms.